The minimum atomic E-state index is 0.0145. The fraction of sp³-hybridized carbons (Fsp3) is 0.231. The molecular formula is C13H14N2O2. The zero-order chi connectivity index (χ0) is 12.3. The molecule has 17 heavy (non-hydrogen) atoms. The average Bonchev–Trinajstić information content (AvgIpc) is 2.73. The minimum Gasteiger partial charge on any atom is -0.486 e. The van der Waals surface area contributed by atoms with Crippen LogP contribution in [0.15, 0.2) is 36.8 Å². The number of rotatable bonds is 4. The van der Waals surface area contributed by atoms with Gasteiger partial charge in [0.05, 0.1) is 18.2 Å². The smallest absolute Gasteiger partial charge is 0.167 e. The molecule has 0 amide bonds. The molecule has 1 aromatic heterocycles. The summed E-state index contributed by atoms with van der Waals surface area (Å²) in [6.45, 7) is 1.62. The van der Waals surface area contributed by atoms with Crippen LogP contribution >= 0.6 is 0 Å². The van der Waals surface area contributed by atoms with Crippen molar-refractivity contribution in [2.75, 3.05) is 6.61 Å². The molecule has 0 fully saturated rings. The van der Waals surface area contributed by atoms with E-state index in [2.05, 4.69) is 4.98 Å². The van der Waals surface area contributed by atoms with E-state index >= 15 is 0 Å². The second-order valence-corrected chi connectivity index (χ2v) is 3.90. The molecule has 0 aliphatic carbocycles. The summed E-state index contributed by atoms with van der Waals surface area (Å²) in [5.41, 5.74) is 2.11. The number of hydrogen-bond acceptors (Lipinski definition) is 3. The lowest BCUT2D eigenvalue weighted by atomic mass is 10.1. The van der Waals surface area contributed by atoms with Gasteiger partial charge in [0.1, 0.15) is 12.4 Å². The van der Waals surface area contributed by atoms with Crippen LogP contribution < -0.4 is 4.74 Å². The van der Waals surface area contributed by atoms with E-state index in [4.69, 9.17) is 4.74 Å². The van der Waals surface area contributed by atoms with Crippen LogP contribution in [-0.4, -0.2) is 21.9 Å². The van der Waals surface area contributed by atoms with Gasteiger partial charge in [0.2, 0.25) is 0 Å². The third-order valence-electron chi connectivity index (χ3n) is 2.41. The van der Waals surface area contributed by atoms with Crippen molar-refractivity contribution in [3.8, 4) is 17.0 Å². The molecule has 0 N–H and O–H groups in total. The van der Waals surface area contributed by atoms with Crippen molar-refractivity contribution in [3.63, 3.8) is 0 Å². The summed E-state index contributed by atoms with van der Waals surface area (Å²) in [5.74, 6) is 0.715. The topological polar surface area (TPSA) is 44.1 Å². The van der Waals surface area contributed by atoms with E-state index in [-0.39, 0.29) is 12.4 Å². The highest BCUT2D eigenvalue weighted by atomic mass is 16.5. The summed E-state index contributed by atoms with van der Waals surface area (Å²) >= 11 is 0. The zero-order valence-electron chi connectivity index (χ0n) is 9.88. The third-order valence-corrected chi connectivity index (χ3v) is 2.41. The number of nitrogens with zero attached hydrogens (tertiary/aromatic N) is 2. The van der Waals surface area contributed by atoms with Crippen molar-refractivity contribution < 1.29 is 9.53 Å². The van der Waals surface area contributed by atoms with Crippen LogP contribution in [0.3, 0.4) is 0 Å². The SMILES string of the molecule is CC(=O)COc1ccc(-c2cncn2C)cc1. The van der Waals surface area contributed by atoms with Crippen molar-refractivity contribution in [1.82, 2.24) is 9.55 Å². The molecule has 4 nitrogen and oxygen atoms in total. The van der Waals surface area contributed by atoms with Crippen LogP contribution in [-0.2, 0) is 11.8 Å². The Bertz CT molecular complexity index is 514. The molecule has 2 rings (SSSR count). The van der Waals surface area contributed by atoms with Gasteiger partial charge in [-0.1, -0.05) is 0 Å². The number of Topliss-reactive ketones (excluding diaryl/α,β-unsaturated/α-hetero) is 1. The number of carbonyl (C=O) groups is 1. The summed E-state index contributed by atoms with van der Waals surface area (Å²) in [6, 6.07) is 7.61. The third kappa shape index (κ3) is 2.72. The quantitative estimate of drug-likeness (QED) is 0.807. The van der Waals surface area contributed by atoms with E-state index in [0.717, 1.165) is 11.3 Å². The Kier molecular flexibility index (Phi) is 3.23. The van der Waals surface area contributed by atoms with Crippen LogP contribution in [0.25, 0.3) is 11.3 Å². The molecule has 0 unspecified atom stereocenters. The summed E-state index contributed by atoms with van der Waals surface area (Å²) in [5, 5.41) is 0. The number of imidazole rings is 1. The summed E-state index contributed by atoms with van der Waals surface area (Å²) in [7, 11) is 1.95. The predicted molar refractivity (Wildman–Crippen MR) is 64.8 cm³/mol. The molecule has 1 aromatic carbocycles. The molecule has 1 heterocycles. The Morgan fingerprint density at radius 3 is 2.59 bits per heavy atom. The Hall–Kier alpha value is -2.10. The Balaban J connectivity index is 2.13. The summed E-state index contributed by atoms with van der Waals surface area (Å²) in [6.07, 6.45) is 3.57. The van der Waals surface area contributed by atoms with Gasteiger partial charge >= 0.3 is 0 Å². The lowest BCUT2D eigenvalue weighted by Gasteiger charge is -2.06. The van der Waals surface area contributed by atoms with Crippen molar-refractivity contribution in [1.29, 1.82) is 0 Å². The van der Waals surface area contributed by atoms with Gasteiger partial charge < -0.3 is 9.30 Å². The molecule has 0 saturated carbocycles. The normalized spacial score (nSPS) is 10.2. The van der Waals surface area contributed by atoms with Gasteiger partial charge in [-0.3, -0.25) is 4.79 Å². The maximum Gasteiger partial charge on any atom is 0.167 e. The molecular weight excluding hydrogens is 216 g/mol. The first-order valence-electron chi connectivity index (χ1n) is 5.36. The van der Waals surface area contributed by atoms with E-state index in [9.17, 15) is 4.79 Å². The fourth-order valence-corrected chi connectivity index (χ4v) is 1.54. The van der Waals surface area contributed by atoms with Gasteiger partial charge in [0, 0.05) is 12.6 Å². The lowest BCUT2D eigenvalue weighted by Crippen LogP contribution is -2.06. The van der Waals surface area contributed by atoms with Gasteiger partial charge in [-0.05, 0) is 31.2 Å². The molecule has 0 spiro atoms. The standard InChI is InChI=1S/C13H14N2O2/c1-10(16)8-17-12-5-3-11(4-6-12)13-7-14-9-15(13)2/h3-7,9H,8H2,1-2H3. The van der Waals surface area contributed by atoms with E-state index in [0.29, 0.717) is 5.75 Å². The van der Waals surface area contributed by atoms with Gasteiger partial charge in [0.25, 0.3) is 0 Å². The minimum absolute atomic E-state index is 0.0145. The predicted octanol–water partition coefficient (Wildman–Crippen LogP) is 2.05. The van der Waals surface area contributed by atoms with E-state index in [1.165, 1.54) is 6.92 Å². The van der Waals surface area contributed by atoms with E-state index < -0.39 is 0 Å². The maximum absolute atomic E-state index is 10.8. The monoisotopic (exact) mass is 230 g/mol. The molecule has 0 atom stereocenters. The summed E-state index contributed by atoms with van der Waals surface area (Å²) in [4.78, 5) is 14.8. The van der Waals surface area contributed by atoms with Crippen LogP contribution in [0.2, 0.25) is 0 Å². The highest BCUT2D eigenvalue weighted by Crippen LogP contribution is 2.21. The first kappa shape index (κ1) is 11.4. The first-order valence-corrected chi connectivity index (χ1v) is 5.36. The van der Waals surface area contributed by atoms with Gasteiger partial charge in [-0.15, -0.1) is 0 Å². The molecule has 0 aliphatic heterocycles. The largest absolute Gasteiger partial charge is 0.486 e. The number of aromatic nitrogens is 2. The Morgan fingerprint density at radius 2 is 2.06 bits per heavy atom. The van der Waals surface area contributed by atoms with Gasteiger partial charge in [-0.25, -0.2) is 4.98 Å². The molecule has 2 aromatic rings. The second-order valence-electron chi connectivity index (χ2n) is 3.90. The zero-order valence-corrected chi connectivity index (χ0v) is 9.88. The van der Waals surface area contributed by atoms with Crippen molar-refractivity contribution >= 4 is 5.78 Å². The molecule has 88 valence electrons. The second kappa shape index (κ2) is 4.82. The van der Waals surface area contributed by atoms with Crippen molar-refractivity contribution in [2.45, 2.75) is 6.92 Å². The highest BCUT2D eigenvalue weighted by Gasteiger charge is 2.02. The molecule has 4 heteroatoms. The molecule has 0 saturated heterocycles. The lowest BCUT2D eigenvalue weighted by molar-refractivity contribution is -0.118. The Labute approximate surface area is 99.9 Å². The van der Waals surface area contributed by atoms with Crippen LogP contribution in [0, 0.1) is 0 Å². The van der Waals surface area contributed by atoms with E-state index in [1.807, 2.05) is 42.1 Å². The maximum atomic E-state index is 10.8. The first-order chi connectivity index (χ1) is 8.16. The highest BCUT2D eigenvalue weighted by molar-refractivity contribution is 5.77. The summed E-state index contributed by atoms with van der Waals surface area (Å²) < 4.78 is 7.25. The van der Waals surface area contributed by atoms with Crippen molar-refractivity contribution in [2.24, 2.45) is 7.05 Å². The van der Waals surface area contributed by atoms with E-state index in [1.54, 1.807) is 6.33 Å². The average molecular weight is 230 g/mol. The van der Waals surface area contributed by atoms with Crippen LogP contribution in [0.1, 0.15) is 6.92 Å². The fourth-order valence-electron chi connectivity index (χ4n) is 1.54. The molecule has 0 bridgehead atoms. The number of carbonyl (C=O) groups excluding carboxylic acids is 1. The molecule has 0 aliphatic rings. The number of benzene rings is 1. The number of ketones is 1. The number of ether oxygens (including phenoxy) is 1. The van der Waals surface area contributed by atoms with Crippen LogP contribution in [0.4, 0.5) is 0 Å². The number of hydrogen-bond donors (Lipinski definition) is 0. The Morgan fingerprint density at radius 1 is 1.35 bits per heavy atom. The number of aryl methyl sites for hydroxylation is 1. The van der Waals surface area contributed by atoms with Gasteiger partial charge in [0.15, 0.2) is 5.78 Å². The van der Waals surface area contributed by atoms with Crippen molar-refractivity contribution in [3.05, 3.63) is 36.8 Å². The van der Waals surface area contributed by atoms with Crippen LogP contribution in [0.5, 0.6) is 5.75 Å². The molecule has 0 radical (unpaired) electrons. The van der Waals surface area contributed by atoms with Gasteiger partial charge in [-0.2, -0.15) is 0 Å².